The number of nitrogens with zero attached hydrogens (tertiary/aromatic N) is 2. The highest BCUT2D eigenvalue weighted by Crippen LogP contribution is 2.20. The molecule has 0 aromatic rings. The lowest BCUT2D eigenvalue weighted by molar-refractivity contribution is -0.132. The van der Waals surface area contributed by atoms with E-state index in [0.29, 0.717) is 13.1 Å². The number of amides is 1. The second kappa shape index (κ2) is 4.49. The Morgan fingerprint density at radius 3 is 3.06 bits per heavy atom. The molecule has 0 atom stereocenters. The third kappa shape index (κ3) is 2.30. The minimum Gasteiger partial charge on any atom is -0.478 e. The van der Waals surface area contributed by atoms with Crippen LogP contribution in [-0.4, -0.2) is 53.0 Å². The van der Waals surface area contributed by atoms with E-state index >= 15 is 0 Å². The van der Waals surface area contributed by atoms with E-state index < -0.39 is 5.97 Å². The maximum Gasteiger partial charge on any atom is 0.328 e. The predicted molar refractivity (Wildman–Crippen MR) is 57.6 cm³/mol. The van der Waals surface area contributed by atoms with Gasteiger partial charge in [-0.15, -0.1) is 0 Å². The van der Waals surface area contributed by atoms with Crippen LogP contribution in [0.5, 0.6) is 0 Å². The molecule has 0 unspecified atom stereocenters. The summed E-state index contributed by atoms with van der Waals surface area (Å²) >= 11 is 0. The van der Waals surface area contributed by atoms with Gasteiger partial charge >= 0.3 is 5.97 Å². The van der Waals surface area contributed by atoms with E-state index in [1.807, 2.05) is 9.80 Å². The van der Waals surface area contributed by atoms with E-state index in [4.69, 9.17) is 5.11 Å². The van der Waals surface area contributed by atoms with E-state index in [-0.39, 0.29) is 5.91 Å². The zero-order valence-electron chi connectivity index (χ0n) is 8.93. The number of aliphatic carboxylic acids is 1. The van der Waals surface area contributed by atoms with E-state index in [0.717, 1.165) is 31.3 Å². The van der Waals surface area contributed by atoms with Crippen LogP contribution < -0.4 is 0 Å². The minimum absolute atomic E-state index is 0.110. The second-order valence-corrected chi connectivity index (χ2v) is 3.94. The first kappa shape index (κ1) is 10.9. The molecule has 0 saturated carbocycles. The molecule has 2 rings (SSSR count). The number of carbonyl (C=O) groups is 2. The number of hydrogen-bond acceptors (Lipinski definition) is 3. The summed E-state index contributed by atoms with van der Waals surface area (Å²) in [5, 5.41) is 8.45. The monoisotopic (exact) mass is 222 g/mol. The first-order valence-electron chi connectivity index (χ1n) is 5.28. The largest absolute Gasteiger partial charge is 0.478 e. The quantitative estimate of drug-likeness (QED) is 0.686. The number of carboxylic acids is 1. The lowest BCUT2D eigenvalue weighted by atomic mass is 10.2. The highest BCUT2D eigenvalue weighted by atomic mass is 16.4. The van der Waals surface area contributed by atoms with Crippen LogP contribution in [0.25, 0.3) is 0 Å². The van der Waals surface area contributed by atoms with Crippen molar-refractivity contribution in [3.8, 4) is 0 Å². The molecule has 2 heterocycles. The molecule has 0 aliphatic carbocycles. The number of hydrogen-bond donors (Lipinski definition) is 1. The van der Waals surface area contributed by atoms with Gasteiger partial charge in [0.15, 0.2) is 0 Å². The number of carboxylic acid groups (broad SMARTS) is 1. The fraction of sp³-hybridized carbons (Fsp3) is 0.455. The van der Waals surface area contributed by atoms with Crippen LogP contribution in [0.1, 0.15) is 6.42 Å². The van der Waals surface area contributed by atoms with Crippen LogP contribution in [0.2, 0.25) is 0 Å². The first-order chi connectivity index (χ1) is 7.66. The lowest BCUT2D eigenvalue weighted by Gasteiger charge is -2.33. The molecule has 2 aliphatic heterocycles. The molecule has 0 aromatic heterocycles. The zero-order valence-corrected chi connectivity index (χ0v) is 8.93. The zero-order chi connectivity index (χ0) is 11.5. The Bertz CT molecular complexity index is 373. The predicted octanol–water partition coefficient (Wildman–Crippen LogP) is 0.0590. The molecule has 0 bridgehead atoms. The van der Waals surface area contributed by atoms with Crippen molar-refractivity contribution in [2.75, 3.05) is 26.2 Å². The van der Waals surface area contributed by atoms with Gasteiger partial charge in [0.1, 0.15) is 0 Å². The van der Waals surface area contributed by atoms with Crippen LogP contribution in [0.4, 0.5) is 0 Å². The lowest BCUT2D eigenvalue weighted by Crippen LogP contribution is -2.47. The number of carbonyl (C=O) groups excluding carboxylic acids is 1. The average molecular weight is 222 g/mol. The molecule has 1 saturated heterocycles. The maximum absolute atomic E-state index is 11.7. The fourth-order valence-electron chi connectivity index (χ4n) is 2.04. The molecule has 1 N–H and O–H groups in total. The van der Waals surface area contributed by atoms with Crippen LogP contribution in [0.3, 0.4) is 0 Å². The summed E-state index contributed by atoms with van der Waals surface area (Å²) in [5.74, 6) is -0.844. The molecule has 0 radical (unpaired) electrons. The van der Waals surface area contributed by atoms with Gasteiger partial charge in [0, 0.05) is 31.4 Å². The van der Waals surface area contributed by atoms with E-state index in [2.05, 4.69) is 6.08 Å². The Kier molecular flexibility index (Phi) is 3.05. The number of fused-ring (bicyclic) bond motifs is 1. The molecule has 1 fully saturated rings. The highest BCUT2D eigenvalue weighted by molar-refractivity contribution is 5.82. The van der Waals surface area contributed by atoms with Crippen LogP contribution >= 0.6 is 0 Å². The molecule has 0 aromatic carbocycles. The fourth-order valence-corrected chi connectivity index (χ4v) is 2.04. The van der Waals surface area contributed by atoms with Crippen molar-refractivity contribution in [2.45, 2.75) is 6.42 Å². The summed E-state index contributed by atoms with van der Waals surface area (Å²) in [7, 11) is 0. The Hall–Kier alpha value is -1.62. The standard InChI is InChI=1S/C11H14N2O3/c14-10-8-12(5-2-4-11(15)16)7-9-3-1-6-13(9)10/h2-4H,1,5-8H2,(H,15,16)/b4-2+. The Balaban J connectivity index is 1.93. The smallest absolute Gasteiger partial charge is 0.328 e. The minimum atomic E-state index is -0.954. The number of piperazine rings is 1. The molecule has 5 heteroatoms. The summed E-state index contributed by atoms with van der Waals surface area (Å²) < 4.78 is 0. The van der Waals surface area contributed by atoms with E-state index in [1.165, 1.54) is 0 Å². The highest BCUT2D eigenvalue weighted by Gasteiger charge is 2.29. The van der Waals surface area contributed by atoms with Gasteiger partial charge < -0.3 is 10.0 Å². The molecule has 86 valence electrons. The SMILES string of the molecule is O=C(O)/C=C/CN1CC(=O)N2CCC=C2C1. The maximum atomic E-state index is 11.7. The second-order valence-electron chi connectivity index (χ2n) is 3.94. The molecule has 1 amide bonds. The van der Waals surface area contributed by atoms with Gasteiger partial charge in [-0.2, -0.15) is 0 Å². The van der Waals surface area contributed by atoms with Gasteiger partial charge in [0.05, 0.1) is 6.54 Å². The average Bonchev–Trinajstić information content (AvgIpc) is 2.65. The van der Waals surface area contributed by atoms with Crippen molar-refractivity contribution in [1.82, 2.24) is 9.80 Å². The van der Waals surface area contributed by atoms with Crippen molar-refractivity contribution < 1.29 is 14.7 Å². The summed E-state index contributed by atoms with van der Waals surface area (Å²) in [6.45, 7) is 2.41. The van der Waals surface area contributed by atoms with Crippen LogP contribution in [0, 0.1) is 0 Å². The van der Waals surface area contributed by atoms with Gasteiger partial charge in [0.2, 0.25) is 5.91 Å². The van der Waals surface area contributed by atoms with Gasteiger partial charge in [-0.3, -0.25) is 9.69 Å². The molecular weight excluding hydrogens is 208 g/mol. The van der Waals surface area contributed by atoms with Gasteiger partial charge in [0.25, 0.3) is 0 Å². The van der Waals surface area contributed by atoms with Gasteiger partial charge in [-0.25, -0.2) is 4.79 Å². The molecular formula is C11H14N2O3. The third-order valence-corrected chi connectivity index (χ3v) is 2.75. The molecule has 2 aliphatic rings. The Morgan fingerprint density at radius 2 is 2.31 bits per heavy atom. The van der Waals surface area contributed by atoms with Crippen LogP contribution in [0.15, 0.2) is 23.9 Å². The van der Waals surface area contributed by atoms with Crippen molar-refractivity contribution in [2.24, 2.45) is 0 Å². The Labute approximate surface area is 93.6 Å². The molecule has 0 spiro atoms. The number of rotatable bonds is 3. The van der Waals surface area contributed by atoms with Crippen LogP contribution in [-0.2, 0) is 9.59 Å². The summed E-state index contributed by atoms with van der Waals surface area (Å²) in [6.07, 6.45) is 5.69. The molecule has 5 nitrogen and oxygen atoms in total. The third-order valence-electron chi connectivity index (χ3n) is 2.75. The van der Waals surface area contributed by atoms with Crippen molar-refractivity contribution >= 4 is 11.9 Å². The van der Waals surface area contributed by atoms with E-state index in [9.17, 15) is 9.59 Å². The summed E-state index contributed by atoms with van der Waals surface area (Å²) in [4.78, 5) is 25.7. The van der Waals surface area contributed by atoms with Gasteiger partial charge in [-0.05, 0) is 6.42 Å². The first-order valence-corrected chi connectivity index (χ1v) is 5.28. The normalized spacial score (nSPS) is 21.4. The van der Waals surface area contributed by atoms with E-state index in [1.54, 1.807) is 6.08 Å². The van der Waals surface area contributed by atoms with Crippen molar-refractivity contribution in [3.05, 3.63) is 23.9 Å². The summed E-state index contributed by atoms with van der Waals surface area (Å²) in [6, 6.07) is 0. The van der Waals surface area contributed by atoms with Crippen molar-refractivity contribution in [3.63, 3.8) is 0 Å². The summed E-state index contributed by atoms with van der Waals surface area (Å²) in [5.41, 5.74) is 1.06. The van der Waals surface area contributed by atoms with Gasteiger partial charge in [-0.1, -0.05) is 12.2 Å². The molecule has 16 heavy (non-hydrogen) atoms. The topological polar surface area (TPSA) is 60.9 Å². The Morgan fingerprint density at radius 1 is 1.50 bits per heavy atom. The van der Waals surface area contributed by atoms with Crippen molar-refractivity contribution in [1.29, 1.82) is 0 Å².